The fourth-order valence-corrected chi connectivity index (χ4v) is 4.51. The smallest absolute Gasteiger partial charge is 0.225 e. The minimum Gasteiger partial charge on any atom is -0.356 e. The molecule has 0 unspecified atom stereocenters. The topological polar surface area (TPSA) is 53.1 Å². The van der Waals surface area contributed by atoms with Crippen LogP contribution in [-0.4, -0.2) is 42.2 Å². The predicted molar refractivity (Wildman–Crippen MR) is 103 cm³/mol. The first-order valence-corrected chi connectivity index (χ1v) is 10.5. The molecule has 0 bridgehead atoms. The van der Waals surface area contributed by atoms with Crippen LogP contribution in [0.1, 0.15) is 69.0 Å². The molecule has 0 aromatic carbocycles. The van der Waals surface area contributed by atoms with Gasteiger partial charge in [0.1, 0.15) is 5.82 Å². The summed E-state index contributed by atoms with van der Waals surface area (Å²) < 4.78 is 0. The Morgan fingerprint density at radius 2 is 1.72 bits per heavy atom. The number of fused-ring (bicyclic) bond motifs is 1. The minimum atomic E-state index is 0.459. The van der Waals surface area contributed by atoms with Crippen molar-refractivity contribution >= 4 is 11.8 Å². The van der Waals surface area contributed by atoms with Gasteiger partial charge >= 0.3 is 0 Å². The predicted octanol–water partition coefficient (Wildman–Crippen LogP) is 3.29. The summed E-state index contributed by atoms with van der Waals surface area (Å²) in [5.74, 6) is 2.12. The summed E-state index contributed by atoms with van der Waals surface area (Å²) in [6.07, 6.45) is 13.9. The highest BCUT2D eigenvalue weighted by atomic mass is 15.2. The van der Waals surface area contributed by atoms with E-state index in [0.29, 0.717) is 6.04 Å². The van der Waals surface area contributed by atoms with Crippen molar-refractivity contribution in [3.63, 3.8) is 0 Å². The van der Waals surface area contributed by atoms with Crippen LogP contribution >= 0.6 is 0 Å². The molecule has 5 heteroatoms. The molecular weight excluding hydrogens is 310 g/mol. The van der Waals surface area contributed by atoms with Gasteiger partial charge in [-0.3, -0.25) is 0 Å². The second kappa shape index (κ2) is 8.35. The molecule has 2 aliphatic heterocycles. The molecule has 0 amide bonds. The molecule has 2 N–H and O–H groups in total. The van der Waals surface area contributed by atoms with Crippen LogP contribution in [-0.2, 0) is 12.8 Å². The van der Waals surface area contributed by atoms with E-state index in [1.807, 2.05) is 0 Å². The van der Waals surface area contributed by atoms with Crippen molar-refractivity contribution in [3.05, 3.63) is 11.3 Å². The normalized spacial score (nSPS) is 25.0. The molecule has 25 heavy (non-hydrogen) atoms. The fraction of sp³-hybridized carbons (Fsp3) is 0.800. The van der Waals surface area contributed by atoms with Gasteiger partial charge in [-0.25, -0.2) is 4.98 Å². The Labute approximate surface area is 152 Å². The quantitative estimate of drug-likeness (QED) is 0.882. The molecule has 2 saturated heterocycles. The fourth-order valence-electron chi connectivity index (χ4n) is 4.51. The Balaban J connectivity index is 1.59. The van der Waals surface area contributed by atoms with Gasteiger partial charge in [-0.15, -0.1) is 0 Å². The average molecular weight is 344 g/mol. The summed E-state index contributed by atoms with van der Waals surface area (Å²) in [5.41, 5.74) is 2.75. The van der Waals surface area contributed by atoms with Gasteiger partial charge in [0.2, 0.25) is 5.95 Å². The molecule has 5 nitrogen and oxygen atoms in total. The lowest BCUT2D eigenvalue weighted by Gasteiger charge is -2.28. The molecule has 1 aromatic rings. The number of aromatic nitrogens is 2. The number of anilines is 2. The molecule has 1 aliphatic carbocycles. The van der Waals surface area contributed by atoms with E-state index in [4.69, 9.17) is 9.97 Å². The van der Waals surface area contributed by atoms with Gasteiger partial charge in [-0.2, -0.15) is 4.98 Å². The summed E-state index contributed by atoms with van der Waals surface area (Å²) in [4.78, 5) is 12.5. The molecule has 1 atom stereocenters. The molecule has 1 aromatic heterocycles. The number of hydrogen-bond donors (Lipinski definition) is 2. The van der Waals surface area contributed by atoms with Crippen molar-refractivity contribution in [2.24, 2.45) is 0 Å². The van der Waals surface area contributed by atoms with Crippen LogP contribution in [0.15, 0.2) is 0 Å². The number of nitrogens with one attached hydrogen (secondary N) is 2. The van der Waals surface area contributed by atoms with Crippen LogP contribution in [0.25, 0.3) is 0 Å². The maximum absolute atomic E-state index is 5.05. The molecular formula is C20H33N5. The summed E-state index contributed by atoms with van der Waals surface area (Å²) in [5, 5.41) is 7.19. The largest absolute Gasteiger partial charge is 0.356 e. The van der Waals surface area contributed by atoms with Crippen LogP contribution in [0.4, 0.5) is 11.8 Å². The first-order chi connectivity index (χ1) is 12.4. The SMILES string of the molecule is C1CCCN(c2nc(N[C@@H]3CCCCNC3)nc3c2CCCC3)CC1. The van der Waals surface area contributed by atoms with Crippen molar-refractivity contribution in [2.75, 3.05) is 36.4 Å². The summed E-state index contributed by atoms with van der Waals surface area (Å²) in [6, 6.07) is 0.459. The molecule has 0 saturated carbocycles. The molecule has 3 aliphatic rings. The monoisotopic (exact) mass is 343 g/mol. The van der Waals surface area contributed by atoms with E-state index in [-0.39, 0.29) is 0 Å². The maximum Gasteiger partial charge on any atom is 0.225 e. The standard InChI is InChI=1S/C20H33N5/c1-2-8-14-25(13-7-1)19-17-10-3-4-11-18(17)23-20(24-19)22-16-9-5-6-12-21-15-16/h16,21H,1-15H2,(H,22,23,24)/t16-/m1/s1. The Morgan fingerprint density at radius 3 is 2.60 bits per heavy atom. The number of rotatable bonds is 3. The zero-order chi connectivity index (χ0) is 16.9. The van der Waals surface area contributed by atoms with E-state index in [2.05, 4.69) is 15.5 Å². The second-order valence-electron chi connectivity index (χ2n) is 7.95. The van der Waals surface area contributed by atoms with Crippen LogP contribution < -0.4 is 15.5 Å². The van der Waals surface area contributed by atoms with E-state index >= 15 is 0 Å². The molecule has 138 valence electrons. The molecule has 2 fully saturated rings. The van der Waals surface area contributed by atoms with E-state index < -0.39 is 0 Å². The average Bonchev–Trinajstić information content (AvgIpc) is 3.06. The van der Waals surface area contributed by atoms with E-state index in [0.717, 1.165) is 45.0 Å². The highest BCUT2D eigenvalue weighted by Crippen LogP contribution is 2.30. The number of aryl methyl sites for hydroxylation is 1. The van der Waals surface area contributed by atoms with Crippen LogP contribution in [0.3, 0.4) is 0 Å². The molecule has 3 heterocycles. The Bertz CT molecular complexity index is 557. The first kappa shape index (κ1) is 17.1. The summed E-state index contributed by atoms with van der Waals surface area (Å²) in [7, 11) is 0. The lowest BCUT2D eigenvalue weighted by atomic mass is 9.96. The Hall–Kier alpha value is -1.36. The number of hydrogen-bond acceptors (Lipinski definition) is 5. The minimum absolute atomic E-state index is 0.459. The van der Waals surface area contributed by atoms with Crippen LogP contribution in [0.5, 0.6) is 0 Å². The summed E-state index contributed by atoms with van der Waals surface area (Å²) in [6.45, 7) is 4.49. The lowest BCUT2D eigenvalue weighted by Crippen LogP contribution is -2.33. The van der Waals surface area contributed by atoms with E-state index in [1.54, 1.807) is 0 Å². The van der Waals surface area contributed by atoms with Crippen molar-refractivity contribution in [2.45, 2.75) is 76.7 Å². The molecule has 0 spiro atoms. The van der Waals surface area contributed by atoms with Gasteiger partial charge in [0.15, 0.2) is 0 Å². The Kier molecular flexibility index (Phi) is 5.70. The third-order valence-corrected chi connectivity index (χ3v) is 5.95. The first-order valence-electron chi connectivity index (χ1n) is 10.5. The highest BCUT2D eigenvalue weighted by molar-refractivity contribution is 5.54. The summed E-state index contributed by atoms with van der Waals surface area (Å²) >= 11 is 0. The molecule has 4 rings (SSSR count). The molecule has 0 radical (unpaired) electrons. The van der Waals surface area contributed by atoms with Gasteiger partial charge in [0, 0.05) is 31.2 Å². The van der Waals surface area contributed by atoms with Crippen molar-refractivity contribution in [3.8, 4) is 0 Å². The second-order valence-corrected chi connectivity index (χ2v) is 7.95. The third-order valence-electron chi connectivity index (χ3n) is 5.95. The van der Waals surface area contributed by atoms with Crippen LogP contribution in [0, 0.1) is 0 Å². The zero-order valence-electron chi connectivity index (χ0n) is 15.5. The van der Waals surface area contributed by atoms with Gasteiger partial charge in [-0.1, -0.05) is 19.3 Å². The van der Waals surface area contributed by atoms with Crippen molar-refractivity contribution in [1.82, 2.24) is 15.3 Å². The highest BCUT2D eigenvalue weighted by Gasteiger charge is 2.23. The van der Waals surface area contributed by atoms with Gasteiger partial charge in [0.05, 0.1) is 5.69 Å². The third kappa shape index (κ3) is 4.25. The lowest BCUT2D eigenvalue weighted by molar-refractivity contribution is 0.622. The Morgan fingerprint density at radius 1 is 0.880 bits per heavy atom. The zero-order valence-corrected chi connectivity index (χ0v) is 15.5. The van der Waals surface area contributed by atoms with E-state index in [9.17, 15) is 0 Å². The van der Waals surface area contributed by atoms with E-state index in [1.165, 1.54) is 74.9 Å². The van der Waals surface area contributed by atoms with Gasteiger partial charge in [0.25, 0.3) is 0 Å². The van der Waals surface area contributed by atoms with Gasteiger partial charge in [-0.05, 0) is 57.9 Å². The van der Waals surface area contributed by atoms with Gasteiger partial charge < -0.3 is 15.5 Å². The van der Waals surface area contributed by atoms with Crippen molar-refractivity contribution < 1.29 is 0 Å². The number of nitrogens with zero attached hydrogens (tertiary/aromatic N) is 3. The van der Waals surface area contributed by atoms with Crippen LogP contribution in [0.2, 0.25) is 0 Å². The maximum atomic E-state index is 5.05. The van der Waals surface area contributed by atoms with Crippen molar-refractivity contribution in [1.29, 1.82) is 0 Å².